The fourth-order valence-electron chi connectivity index (χ4n) is 2.11. The normalized spacial score (nSPS) is 10.1. The zero-order chi connectivity index (χ0) is 19.8. The van der Waals surface area contributed by atoms with Gasteiger partial charge in [-0.05, 0) is 42.8 Å². The van der Waals surface area contributed by atoms with E-state index in [1.54, 1.807) is 0 Å². The van der Waals surface area contributed by atoms with E-state index in [-0.39, 0.29) is 28.9 Å². The Morgan fingerprint density at radius 1 is 1.15 bits per heavy atom. The monoisotopic (exact) mass is 391 g/mol. The van der Waals surface area contributed by atoms with E-state index in [0.29, 0.717) is 17.9 Å². The Kier molecular flexibility index (Phi) is 7.13. The average Bonchev–Trinajstić information content (AvgIpc) is 2.66. The number of amides is 2. The van der Waals surface area contributed by atoms with Gasteiger partial charge in [0.15, 0.2) is 0 Å². The smallest absolute Gasteiger partial charge is 0.313 e. The van der Waals surface area contributed by atoms with E-state index in [4.69, 9.17) is 16.3 Å². The fourth-order valence-corrected chi connectivity index (χ4v) is 2.28. The molecule has 0 saturated carbocycles. The molecule has 0 unspecified atom stereocenters. The van der Waals surface area contributed by atoms with Crippen molar-refractivity contribution in [1.29, 1.82) is 0 Å². The number of halogens is 1. The Hall–Kier alpha value is -3.13. The summed E-state index contributed by atoms with van der Waals surface area (Å²) in [7, 11) is 0. The molecule has 2 rings (SSSR count). The molecule has 142 valence electrons. The maximum atomic E-state index is 12.0. The van der Waals surface area contributed by atoms with E-state index in [9.17, 15) is 19.7 Å². The second kappa shape index (κ2) is 9.54. The number of carbonyl (C=O) groups is 2. The van der Waals surface area contributed by atoms with E-state index < -0.39 is 10.8 Å². The van der Waals surface area contributed by atoms with Gasteiger partial charge in [0.2, 0.25) is 11.7 Å². The molecule has 27 heavy (non-hydrogen) atoms. The summed E-state index contributed by atoms with van der Waals surface area (Å²) in [4.78, 5) is 34.0. The number of nitrogens with zero attached hydrogens (tertiary/aromatic N) is 1. The van der Waals surface area contributed by atoms with Gasteiger partial charge in [0, 0.05) is 23.2 Å². The lowest BCUT2D eigenvalue weighted by Gasteiger charge is -2.08. The van der Waals surface area contributed by atoms with Gasteiger partial charge in [0.05, 0.1) is 11.5 Å². The number of hydrogen-bond acceptors (Lipinski definition) is 5. The number of nitrogens with one attached hydrogen (secondary N) is 2. The molecule has 0 aliphatic heterocycles. The molecule has 0 aromatic heterocycles. The molecule has 0 atom stereocenters. The quantitative estimate of drug-likeness (QED) is 0.529. The summed E-state index contributed by atoms with van der Waals surface area (Å²) >= 11 is 5.77. The highest BCUT2D eigenvalue weighted by atomic mass is 35.5. The third-order valence-corrected chi connectivity index (χ3v) is 3.68. The van der Waals surface area contributed by atoms with Crippen molar-refractivity contribution >= 4 is 29.1 Å². The molecule has 0 aliphatic rings. The first-order valence-electron chi connectivity index (χ1n) is 8.17. The molecule has 8 nitrogen and oxygen atoms in total. The van der Waals surface area contributed by atoms with Crippen molar-refractivity contribution in [3.8, 4) is 11.5 Å². The van der Waals surface area contributed by atoms with E-state index in [1.165, 1.54) is 42.5 Å². The first-order chi connectivity index (χ1) is 12.9. The van der Waals surface area contributed by atoms with Crippen molar-refractivity contribution < 1.29 is 19.2 Å². The van der Waals surface area contributed by atoms with Gasteiger partial charge in [-0.15, -0.1) is 0 Å². The molecule has 0 saturated heterocycles. The number of hydrogen-bond donors (Lipinski definition) is 2. The van der Waals surface area contributed by atoms with Crippen LogP contribution in [0.1, 0.15) is 23.7 Å². The Labute approximate surface area is 160 Å². The summed E-state index contributed by atoms with van der Waals surface area (Å²) in [5.41, 5.74) is 0.0682. The number of carbonyl (C=O) groups excluding carboxylic acids is 2. The number of nitro benzene ring substituents is 1. The largest absolute Gasteiger partial charge is 0.450 e. The van der Waals surface area contributed by atoms with Crippen molar-refractivity contribution in [2.24, 2.45) is 0 Å². The molecule has 0 fully saturated rings. The number of nitro groups is 1. The molecule has 2 aromatic carbocycles. The Bertz CT molecular complexity index is 839. The molecule has 2 N–H and O–H groups in total. The predicted molar refractivity (Wildman–Crippen MR) is 100 cm³/mol. The minimum absolute atomic E-state index is 0.0363. The summed E-state index contributed by atoms with van der Waals surface area (Å²) in [5.74, 6) is -0.322. The van der Waals surface area contributed by atoms with Crippen LogP contribution < -0.4 is 15.4 Å². The lowest BCUT2D eigenvalue weighted by Crippen LogP contribution is -2.37. The van der Waals surface area contributed by atoms with Gasteiger partial charge < -0.3 is 15.4 Å². The van der Waals surface area contributed by atoms with Gasteiger partial charge in [0.1, 0.15) is 5.75 Å². The molecule has 0 heterocycles. The number of ether oxygens (including phenoxy) is 1. The second-order valence-corrected chi connectivity index (χ2v) is 5.96. The maximum Gasteiger partial charge on any atom is 0.313 e. The van der Waals surface area contributed by atoms with Crippen LogP contribution in [0.3, 0.4) is 0 Å². The molecule has 0 aliphatic carbocycles. The van der Waals surface area contributed by atoms with E-state index in [0.717, 1.165) is 6.42 Å². The molecule has 0 spiro atoms. The third-order valence-electron chi connectivity index (χ3n) is 3.44. The van der Waals surface area contributed by atoms with Crippen LogP contribution in [-0.2, 0) is 4.79 Å². The van der Waals surface area contributed by atoms with Crippen LogP contribution in [0.15, 0.2) is 42.5 Å². The predicted octanol–water partition coefficient (Wildman–Crippen LogP) is 3.30. The van der Waals surface area contributed by atoms with Crippen molar-refractivity contribution in [3.63, 3.8) is 0 Å². The molecule has 9 heteroatoms. The Morgan fingerprint density at radius 3 is 2.48 bits per heavy atom. The minimum atomic E-state index is -0.591. The van der Waals surface area contributed by atoms with Crippen LogP contribution in [0, 0.1) is 10.1 Å². The molecular weight excluding hydrogens is 374 g/mol. The van der Waals surface area contributed by atoms with Crippen LogP contribution in [0.25, 0.3) is 0 Å². The van der Waals surface area contributed by atoms with E-state index >= 15 is 0 Å². The van der Waals surface area contributed by atoms with Crippen LogP contribution in [0.2, 0.25) is 5.02 Å². The molecule has 0 radical (unpaired) electrons. The second-order valence-electron chi connectivity index (χ2n) is 5.53. The summed E-state index contributed by atoms with van der Waals surface area (Å²) < 4.78 is 5.51. The Balaban J connectivity index is 2.00. The third kappa shape index (κ3) is 5.96. The van der Waals surface area contributed by atoms with Crippen LogP contribution in [-0.4, -0.2) is 29.8 Å². The van der Waals surface area contributed by atoms with Gasteiger partial charge in [-0.1, -0.05) is 18.5 Å². The molecule has 0 bridgehead atoms. The zero-order valence-electron chi connectivity index (χ0n) is 14.5. The van der Waals surface area contributed by atoms with Gasteiger partial charge in [-0.2, -0.15) is 0 Å². The van der Waals surface area contributed by atoms with Crippen molar-refractivity contribution in [2.45, 2.75) is 13.3 Å². The van der Waals surface area contributed by atoms with Gasteiger partial charge >= 0.3 is 5.69 Å². The highest BCUT2D eigenvalue weighted by Gasteiger charge is 2.16. The highest BCUT2D eigenvalue weighted by Crippen LogP contribution is 2.33. The molecule has 2 amide bonds. The lowest BCUT2D eigenvalue weighted by molar-refractivity contribution is -0.385. The van der Waals surface area contributed by atoms with Gasteiger partial charge in [-0.25, -0.2) is 0 Å². The number of benzene rings is 2. The lowest BCUT2D eigenvalue weighted by atomic mass is 10.2. The minimum Gasteiger partial charge on any atom is -0.450 e. The fraction of sp³-hybridized carbons (Fsp3) is 0.222. The zero-order valence-corrected chi connectivity index (χ0v) is 15.3. The van der Waals surface area contributed by atoms with Gasteiger partial charge in [-0.3, -0.25) is 19.7 Å². The summed E-state index contributed by atoms with van der Waals surface area (Å²) in [6.45, 7) is 2.37. The van der Waals surface area contributed by atoms with Crippen LogP contribution in [0.4, 0.5) is 5.69 Å². The topological polar surface area (TPSA) is 111 Å². The van der Waals surface area contributed by atoms with E-state index in [1.807, 2.05) is 6.92 Å². The first-order valence-corrected chi connectivity index (χ1v) is 8.55. The molecular formula is C18H18ClN3O5. The highest BCUT2D eigenvalue weighted by molar-refractivity contribution is 6.30. The van der Waals surface area contributed by atoms with Crippen molar-refractivity contribution in [2.75, 3.05) is 13.1 Å². The SMILES string of the molecule is CCCNC(=O)CNC(=O)c1ccc(Oc2ccc(Cl)cc2[N+](=O)[O-])cc1. The van der Waals surface area contributed by atoms with Crippen molar-refractivity contribution in [1.82, 2.24) is 10.6 Å². The number of rotatable bonds is 8. The van der Waals surface area contributed by atoms with Crippen LogP contribution in [0.5, 0.6) is 11.5 Å². The van der Waals surface area contributed by atoms with E-state index in [2.05, 4.69) is 10.6 Å². The first kappa shape index (κ1) is 20.2. The summed E-state index contributed by atoms with van der Waals surface area (Å²) in [6.07, 6.45) is 0.812. The molecule has 2 aromatic rings. The maximum absolute atomic E-state index is 12.0. The van der Waals surface area contributed by atoms with Crippen molar-refractivity contribution in [3.05, 3.63) is 63.2 Å². The summed E-state index contributed by atoms with van der Waals surface area (Å²) in [5, 5.41) is 16.5. The average molecular weight is 392 g/mol. The standard InChI is InChI=1S/C18H18ClN3O5/c1-2-9-20-17(23)11-21-18(24)12-3-6-14(7-4-12)27-16-8-5-13(19)10-15(16)22(25)26/h3-8,10H,2,9,11H2,1H3,(H,20,23)(H,21,24). The van der Waals surface area contributed by atoms with Crippen LogP contribution >= 0.6 is 11.6 Å². The summed E-state index contributed by atoms with van der Waals surface area (Å²) in [6, 6.07) is 10.1. The van der Waals surface area contributed by atoms with Gasteiger partial charge in [0.25, 0.3) is 5.91 Å². The Morgan fingerprint density at radius 2 is 1.85 bits per heavy atom.